The third-order valence-corrected chi connectivity index (χ3v) is 9.12. The number of carbonyl (C=O) groups excluding carboxylic acids is 5. The minimum Gasteiger partial charge on any atom is -0.481 e. The predicted octanol–water partition coefficient (Wildman–Crippen LogP) is -1.01. The number of nitrogens with zero attached hydrogens (tertiary/aromatic N) is 1. The SMILES string of the molecule is CC(C)C[C@H](NC(=O)[C@@H](N)Cc1ccc(OP(=O)(O)O)cc1)C(=O)N1CCC[C@H]1C(=O)N[C@@H](CCC(=O)O)C(=O)N[C@H](C(=O)N[C@H](C(=O)O)C(C)C)[C@@H](C)O. The Morgan fingerprint density at radius 1 is 0.873 bits per heavy atom. The van der Waals surface area contributed by atoms with Gasteiger partial charge in [-0.25, -0.2) is 9.36 Å². The van der Waals surface area contributed by atoms with Gasteiger partial charge >= 0.3 is 19.8 Å². The molecule has 0 unspecified atom stereocenters. The Morgan fingerprint density at radius 2 is 1.47 bits per heavy atom. The van der Waals surface area contributed by atoms with Gasteiger partial charge in [-0.3, -0.25) is 38.6 Å². The van der Waals surface area contributed by atoms with Gasteiger partial charge in [0.25, 0.3) is 0 Å². The number of carboxylic acids is 2. The molecule has 308 valence electrons. The second-order valence-electron chi connectivity index (χ2n) is 14.2. The number of hydrogen-bond donors (Lipinski definition) is 10. The number of aliphatic carboxylic acids is 2. The first-order valence-electron chi connectivity index (χ1n) is 17.7. The van der Waals surface area contributed by atoms with E-state index in [1.54, 1.807) is 0 Å². The first kappa shape index (κ1) is 46.5. The van der Waals surface area contributed by atoms with Crippen molar-refractivity contribution in [2.75, 3.05) is 6.54 Å². The average Bonchev–Trinajstić information content (AvgIpc) is 3.56. The Kier molecular flexibility index (Phi) is 17.7. The molecule has 1 aromatic carbocycles. The van der Waals surface area contributed by atoms with Crippen LogP contribution in [0.3, 0.4) is 0 Å². The lowest BCUT2D eigenvalue weighted by atomic mass is 10.0. The molecule has 1 aliphatic heterocycles. The number of rotatable bonds is 21. The molecule has 0 aliphatic carbocycles. The Bertz CT molecular complexity index is 1580. The van der Waals surface area contributed by atoms with Gasteiger partial charge < -0.3 is 51.7 Å². The highest BCUT2D eigenvalue weighted by molar-refractivity contribution is 7.46. The number of aliphatic hydroxyl groups is 1. The van der Waals surface area contributed by atoms with E-state index in [1.807, 2.05) is 13.8 Å². The smallest absolute Gasteiger partial charge is 0.481 e. The number of likely N-dealkylation sites (tertiary alicyclic amines) is 1. The zero-order valence-electron chi connectivity index (χ0n) is 31.3. The topological polar surface area (TPSA) is 324 Å². The molecular weight excluding hydrogens is 747 g/mol. The maximum atomic E-state index is 13.9. The lowest BCUT2D eigenvalue weighted by molar-refractivity contribution is -0.144. The number of nitrogens with one attached hydrogen (secondary N) is 4. The van der Waals surface area contributed by atoms with Gasteiger partial charge in [-0.05, 0) is 68.6 Å². The fourth-order valence-corrected chi connectivity index (χ4v) is 6.26. The summed E-state index contributed by atoms with van der Waals surface area (Å²) in [5.41, 5.74) is 6.68. The molecule has 2 rings (SSSR count). The van der Waals surface area contributed by atoms with Gasteiger partial charge in [-0.15, -0.1) is 0 Å². The van der Waals surface area contributed by atoms with Crippen molar-refractivity contribution in [1.29, 1.82) is 0 Å². The third-order valence-electron chi connectivity index (χ3n) is 8.67. The molecule has 20 nitrogen and oxygen atoms in total. The van der Waals surface area contributed by atoms with Crippen LogP contribution in [0.2, 0.25) is 0 Å². The van der Waals surface area contributed by atoms with Crippen molar-refractivity contribution < 1.29 is 67.8 Å². The van der Waals surface area contributed by atoms with Crippen LogP contribution >= 0.6 is 7.82 Å². The molecule has 0 bridgehead atoms. The van der Waals surface area contributed by atoms with Crippen molar-refractivity contribution >= 4 is 49.3 Å². The predicted molar refractivity (Wildman–Crippen MR) is 194 cm³/mol. The van der Waals surface area contributed by atoms with Crippen LogP contribution < -0.4 is 31.5 Å². The maximum Gasteiger partial charge on any atom is 0.524 e. The fourth-order valence-electron chi connectivity index (χ4n) is 5.87. The zero-order valence-corrected chi connectivity index (χ0v) is 32.2. The van der Waals surface area contributed by atoms with Crippen molar-refractivity contribution in [3.8, 4) is 5.75 Å². The van der Waals surface area contributed by atoms with Crippen LogP contribution in [0.15, 0.2) is 24.3 Å². The van der Waals surface area contributed by atoms with Crippen molar-refractivity contribution in [2.24, 2.45) is 17.6 Å². The second kappa shape index (κ2) is 20.9. The maximum absolute atomic E-state index is 13.9. The van der Waals surface area contributed by atoms with Crippen LogP contribution in [0.4, 0.5) is 0 Å². The first-order chi connectivity index (χ1) is 25.5. The summed E-state index contributed by atoms with van der Waals surface area (Å²) < 4.78 is 15.6. The summed E-state index contributed by atoms with van der Waals surface area (Å²) in [6, 6.07) is -2.42. The number of aliphatic hydroxyl groups excluding tert-OH is 1. The fraction of sp³-hybridized carbons (Fsp3) is 0.618. The van der Waals surface area contributed by atoms with E-state index in [1.165, 1.54) is 49.9 Å². The van der Waals surface area contributed by atoms with Crippen LogP contribution in [0.5, 0.6) is 5.75 Å². The van der Waals surface area contributed by atoms with Crippen LogP contribution in [-0.2, 0) is 44.5 Å². The molecule has 21 heteroatoms. The number of phosphoric acid groups is 1. The second-order valence-corrected chi connectivity index (χ2v) is 15.4. The normalized spacial score (nSPS) is 17.7. The van der Waals surface area contributed by atoms with E-state index in [-0.39, 0.29) is 37.5 Å². The highest BCUT2D eigenvalue weighted by Crippen LogP contribution is 2.37. The van der Waals surface area contributed by atoms with E-state index in [9.17, 15) is 53.4 Å². The summed E-state index contributed by atoms with van der Waals surface area (Å²) in [6.45, 7) is 8.01. The number of phosphoric ester groups is 1. The molecular formula is C34H53N6O14P. The van der Waals surface area contributed by atoms with Crippen LogP contribution in [-0.4, -0.2) is 120 Å². The summed E-state index contributed by atoms with van der Waals surface area (Å²) in [6.07, 6.45) is -1.84. The Hall–Kier alpha value is -4.62. The Morgan fingerprint density at radius 3 is 1.98 bits per heavy atom. The number of carboxylic acid groups (broad SMARTS) is 2. The van der Waals surface area contributed by atoms with Gasteiger partial charge in [0, 0.05) is 13.0 Å². The summed E-state index contributed by atoms with van der Waals surface area (Å²) in [5, 5.41) is 38.7. The molecule has 1 heterocycles. The van der Waals surface area contributed by atoms with Crippen molar-refractivity contribution in [1.82, 2.24) is 26.2 Å². The molecule has 7 atom stereocenters. The monoisotopic (exact) mass is 800 g/mol. The molecule has 5 amide bonds. The van der Waals surface area contributed by atoms with Gasteiger partial charge in [0.1, 0.15) is 36.0 Å². The van der Waals surface area contributed by atoms with E-state index in [2.05, 4.69) is 25.8 Å². The van der Waals surface area contributed by atoms with E-state index in [0.717, 1.165) is 0 Å². The van der Waals surface area contributed by atoms with Crippen molar-refractivity contribution in [3.63, 3.8) is 0 Å². The molecule has 1 aromatic rings. The van der Waals surface area contributed by atoms with Crippen LogP contribution in [0.1, 0.15) is 72.3 Å². The number of amides is 5. The zero-order chi connectivity index (χ0) is 41.8. The number of nitrogens with two attached hydrogens (primary N) is 1. The molecule has 0 aromatic heterocycles. The van der Waals surface area contributed by atoms with Gasteiger partial charge in [0.05, 0.1) is 12.1 Å². The summed E-state index contributed by atoms with van der Waals surface area (Å²) in [7, 11) is -4.77. The van der Waals surface area contributed by atoms with Crippen LogP contribution in [0.25, 0.3) is 0 Å². The molecule has 1 aliphatic rings. The number of carbonyl (C=O) groups is 7. The standard InChI is InChI=1S/C34H53N6O14P/c1-17(2)15-24(37-29(44)22(35)16-20-8-10-21(11-9-20)54-55(51,52)53)33(48)40-14-6-7-25(40)31(46)36-23(12-13-26(42)43)30(45)39-28(19(5)41)32(47)38-27(18(3)4)34(49)50/h8-11,17-19,22-25,27-28,41H,6-7,12-16,35H2,1-5H3,(H,36,46)(H,37,44)(H,38,47)(H,39,45)(H,42,43)(H,49,50)(H2,51,52,53)/t19-,22+,23+,24+,25+,27+,28+/m1/s1. The van der Waals surface area contributed by atoms with E-state index >= 15 is 0 Å². The van der Waals surface area contributed by atoms with Gasteiger partial charge in [-0.2, -0.15) is 0 Å². The minimum absolute atomic E-state index is 0.00536. The van der Waals surface area contributed by atoms with Gasteiger partial charge in [0.2, 0.25) is 29.5 Å². The molecule has 0 spiro atoms. The van der Waals surface area contributed by atoms with E-state index in [4.69, 9.17) is 15.5 Å². The molecule has 1 fully saturated rings. The lowest BCUT2D eigenvalue weighted by Gasteiger charge is -2.31. The van der Waals surface area contributed by atoms with Crippen molar-refractivity contribution in [3.05, 3.63) is 29.8 Å². The van der Waals surface area contributed by atoms with E-state index in [0.29, 0.717) is 12.0 Å². The molecule has 1 saturated heterocycles. The molecule has 55 heavy (non-hydrogen) atoms. The van der Waals surface area contributed by atoms with Crippen molar-refractivity contribution in [2.45, 2.75) is 115 Å². The average molecular weight is 801 g/mol. The quantitative estimate of drug-likeness (QED) is 0.0666. The molecule has 11 N–H and O–H groups in total. The number of hydrogen-bond acceptors (Lipinski definition) is 11. The first-order valence-corrected chi connectivity index (χ1v) is 19.3. The minimum atomic E-state index is -4.77. The Balaban J connectivity index is 2.21. The number of benzene rings is 1. The highest BCUT2D eigenvalue weighted by atomic mass is 31.2. The van der Waals surface area contributed by atoms with Gasteiger partial charge in [-0.1, -0.05) is 39.8 Å². The lowest BCUT2D eigenvalue weighted by Crippen LogP contribution is -2.61. The van der Waals surface area contributed by atoms with Crippen LogP contribution in [0, 0.1) is 11.8 Å². The van der Waals surface area contributed by atoms with Gasteiger partial charge in [0.15, 0.2) is 0 Å². The highest BCUT2D eigenvalue weighted by Gasteiger charge is 2.40. The Labute approximate surface area is 318 Å². The molecule has 0 radical (unpaired) electrons. The molecule has 0 saturated carbocycles. The van der Waals surface area contributed by atoms with E-state index < -0.39 is 110 Å². The largest absolute Gasteiger partial charge is 0.524 e. The third kappa shape index (κ3) is 15.2. The summed E-state index contributed by atoms with van der Waals surface area (Å²) >= 11 is 0. The summed E-state index contributed by atoms with van der Waals surface area (Å²) in [4.78, 5) is 109. The summed E-state index contributed by atoms with van der Waals surface area (Å²) in [5.74, 6) is -7.54.